The van der Waals surface area contributed by atoms with E-state index in [0.717, 1.165) is 5.56 Å². The second-order valence-electron chi connectivity index (χ2n) is 5.17. The molecule has 25 heavy (non-hydrogen) atoms. The summed E-state index contributed by atoms with van der Waals surface area (Å²) in [5, 5.41) is 6.98. The number of amides is 1. The zero-order valence-electron chi connectivity index (χ0n) is 13.0. The lowest BCUT2D eigenvalue weighted by atomic mass is 10.2. The van der Waals surface area contributed by atoms with Gasteiger partial charge in [-0.3, -0.25) is 4.79 Å². The second-order valence-corrected chi connectivity index (χ2v) is 5.98. The van der Waals surface area contributed by atoms with Crippen LogP contribution in [0.15, 0.2) is 60.9 Å². The van der Waals surface area contributed by atoms with Crippen molar-refractivity contribution in [1.82, 2.24) is 9.97 Å². The molecule has 0 aliphatic rings. The van der Waals surface area contributed by atoms with Crippen molar-refractivity contribution in [3.63, 3.8) is 0 Å². The van der Waals surface area contributed by atoms with Gasteiger partial charge >= 0.3 is 0 Å². The quantitative estimate of drug-likeness (QED) is 0.683. The summed E-state index contributed by atoms with van der Waals surface area (Å²) in [6, 6.07) is 16.1. The van der Waals surface area contributed by atoms with E-state index in [0.29, 0.717) is 28.1 Å². The van der Waals surface area contributed by atoms with E-state index in [-0.39, 0.29) is 11.6 Å². The number of nitrogens with one attached hydrogen (secondary N) is 2. The molecule has 1 heterocycles. The van der Waals surface area contributed by atoms with Crippen LogP contribution in [0.25, 0.3) is 0 Å². The number of aromatic nitrogens is 2. The Morgan fingerprint density at radius 2 is 1.68 bits per heavy atom. The lowest BCUT2D eigenvalue weighted by molar-refractivity contribution is 0.102. The van der Waals surface area contributed by atoms with Crippen LogP contribution in [0.2, 0.25) is 10.0 Å². The normalized spacial score (nSPS) is 10.3. The largest absolute Gasteiger partial charge is 0.366 e. The van der Waals surface area contributed by atoms with Crippen molar-refractivity contribution in [3.05, 3.63) is 82.2 Å². The van der Waals surface area contributed by atoms with E-state index < -0.39 is 0 Å². The Bertz CT molecular complexity index is 902. The minimum Gasteiger partial charge on any atom is -0.366 e. The predicted octanol–water partition coefficient (Wildman–Crippen LogP) is 4.65. The van der Waals surface area contributed by atoms with E-state index in [4.69, 9.17) is 23.2 Å². The van der Waals surface area contributed by atoms with Crippen LogP contribution in [0.5, 0.6) is 0 Å². The molecule has 0 aliphatic carbocycles. The van der Waals surface area contributed by atoms with Crippen LogP contribution in [0.4, 0.5) is 11.5 Å². The van der Waals surface area contributed by atoms with Gasteiger partial charge in [-0.25, -0.2) is 9.97 Å². The van der Waals surface area contributed by atoms with Crippen LogP contribution in [0, 0.1) is 0 Å². The number of para-hydroxylation sites is 1. The van der Waals surface area contributed by atoms with E-state index in [1.54, 1.807) is 30.3 Å². The summed E-state index contributed by atoms with van der Waals surface area (Å²) in [6.07, 6.45) is 1.33. The highest BCUT2D eigenvalue weighted by Gasteiger charge is 2.11. The smallest absolute Gasteiger partial charge is 0.274 e. The minimum atomic E-state index is -0.365. The van der Waals surface area contributed by atoms with Gasteiger partial charge in [-0.15, -0.1) is 0 Å². The molecule has 0 radical (unpaired) electrons. The number of rotatable bonds is 5. The van der Waals surface area contributed by atoms with Gasteiger partial charge in [-0.05, 0) is 23.8 Å². The molecule has 0 fully saturated rings. The fraction of sp³-hybridized carbons (Fsp3) is 0.0556. The van der Waals surface area contributed by atoms with Crippen molar-refractivity contribution in [1.29, 1.82) is 0 Å². The van der Waals surface area contributed by atoms with Gasteiger partial charge in [0.15, 0.2) is 0 Å². The van der Waals surface area contributed by atoms with Crippen LogP contribution in [-0.4, -0.2) is 15.9 Å². The number of hydrogen-bond acceptors (Lipinski definition) is 4. The molecule has 2 aromatic carbocycles. The lowest BCUT2D eigenvalue weighted by Gasteiger charge is -2.09. The van der Waals surface area contributed by atoms with Crippen molar-refractivity contribution in [2.45, 2.75) is 6.54 Å². The number of carbonyl (C=O) groups is 1. The highest BCUT2D eigenvalue weighted by atomic mass is 35.5. The van der Waals surface area contributed by atoms with Crippen molar-refractivity contribution in [2.75, 3.05) is 10.6 Å². The fourth-order valence-corrected chi connectivity index (χ4v) is 2.54. The zero-order valence-corrected chi connectivity index (χ0v) is 14.6. The topological polar surface area (TPSA) is 66.9 Å². The molecule has 0 saturated carbocycles. The molecule has 5 nitrogen and oxygen atoms in total. The Labute approximate surface area is 155 Å². The summed E-state index contributed by atoms with van der Waals surface area (Å²) < 4.78 is 0. The standard InChI is InChI=1S/C18H14Cl2N4O/c19-13-6-2-1-5-12(13)10-21-17-9-16(22-11-23-17)18(25)24-15-8-4-3-7-14(15)20/h1-9,11H,10H2,(H,24,25)(H,21,22,23). The van der Waals surface area contributed by atoms with E-state index in [1.807, 2.05) is 24.3 Å². The highest BCUT2D eigenvalue weighted by molar-refractivity contribution is 6.33. The Kier molecular flexibility index (Phi) is 5.48. The summed E-state index contributed by atoms with van der Waals surface area (Å²) >= 11 is 12.2. The summed E-state index contributed by atoms with van der Waals surface area (Å²) in [5.41, 5.74) is 1.69. The fourth-order valence-electron chi connectivity index (χ4n) is 2.15. The molecule has 3 aromatic rings. The summed E-state index contributed by atoms with van der Waals surface area (Å²) in [6.45, 7) is 0.488. The highest BCUT2D eigenvalue weighted by Crippen LogP contribution is 2.21. The lowest BCUT2D eigenvalue weighted by Crippen LogP contribution is -2.15. The zero-order chi connectivity index (χ0) is 17.6. The molecule has 0 bridgehead atoms. The molecule has 0 spiro atoms. The number of carbonyl (C=O) groups excluding carboxylic acids is 1. The Hall–Kier alpha value is -2.63. The van der Waals surface area contributed by atoms with Gasteiger partial charge in [0.2, 0.25) is 0 Å². The third-order valence-electron chi connectivity index (χ3n) is 3.44. The number of halogens is 2. The Morgan fingerprint density at radius 1 is 0.960 bits per heavy atom. The monoisotopic (exact) mass is 372 g/mol. The second kappa shape index (κ2) is 7.96. The molecule has 0 unspecified atom stereocenters. The Balaban J connectivity index is 1.70. The molecule has 0 aliphatic heterocycles. The average molecular weight is 373 g/mol. The molecule has 3 rings (SSSR count). The molecule has 126 valence electrons. The van der Waals surface area contributed by atoms with Crippen LogP contribution < -0.4 is 10.6 Å². The van der Waals surface area contributed by atoms with Crippen molar-refractivity contribution < 1.29 is 4.79 Å². The first-order valence-corrected chi connectivity index (χ1v) is 8.24. The maximum Gasteiger partial charge on any atom is 0.274 e. The first kappa shape index (κ1) is 17.2. The molecule has 1 aromatic heterocycles. The van der Waals surface area contributed by atoms with E-state index in [1.165, 1.54) is 6.33 Å². The minimum absolute atomic E-state index is 0.233. The SMILES string of the molecule is O=C(Nc1ccccc1Cl)c1cc(NCc2ccccc2Cl)ncn1. The number of benzene rings is 2. The summed E-state index contributed by atoms with van der Waals surface area (Å²) in [7, 11) is 0. The Morgan fingerprint density at radius 3 is 2.44 bits per heavy atom. The van der Waals surface area contributed by atoms with Crippen LogP contribution in [-0.2, 0) is 6.54 Å². The maximum absolute atomic E-state index is 12.3. The van der Waals surface area contributed by atoms with Gasteiger partial charge in [0.25, 0.3) is 5.91 Å². The van der Waals surface area contributed by atoms with Gasteiger partial charge in [0.1, 0.15) is 17.8 Å². The molecule has 1 amide bonds. The first-order chi connectivity index (χ1) is 12.1. The number of hydrogen-bond donors (Lipinski definition) is 2. The van der Waals surface area contributed by atoms with Crippen molar-refractivity contribution >= 4 is 40.6 Å². The van der Waals surface area contributed by atoms with Gasteiger partial charge in [0, 0.05) is 17.6 Å². The van der Waals surface area contributed by atoms with Crippen LogP contribution >= 0.6 is 23.2 Å². The van der Waals surface area contributed by atoms with Crippen LogP contribution in [0.1, 0.15) is 16.1 Å². The van der Waals surface area contributed by atoms with E-state index in [9.17, 15) is 4.79 Å². The van der Waals surface area contributed by atoms with Crippen molar-refractivity contribution in [2.24, 2.45) is 0 Å². The molecule has 0 atom stereocenters. The molecule has 0 saturated heterocycles. The first-order valence-electron chi connectivity index (χ1n) is 7.48. The van der Waals surface area contributed by atoms with Gasteiger partial charge < -0.3 is 10.6 Å². The number of nitrogens with zero attached hydrogens (tertiary/aromatic N) is 2. The molecule has 7 heteroatoms. The summed E-state index contributed by atoms with van der Waals surface area (Å²) in [4.78, 5) is 20.5. The molecular weight excluding hydrogens is 359 g/mol. The van der Waals surface area contributed by atoms with Gasteiger partial charge in [-0.1, -0.05) is 53.5 Å². The van der Waals surface area contributed by atoms with Gasteiger partial charge in [-0.2, -0.15) is 0 Å². The predicted molar refractivity (Wildman–Crippen MR) is 100 cm³/mol. The third-order valence-corrected chi connectivity index (χ3v) is 4.14. The van der Waals surface area contributed by atoms with Crippen LogP contribution in [0.3, 0.4) is 0 Å². The molecular formula is C18H14Cl2N4O. The summed E-state index contributed by atoms with van der Waals surface area (Å²) in [5.74, 6) is 0.163. The van der Waals surface area contributed by atoms with E-state index >= 15 is 0 Å². The average Bonchev–Trinajstić information content (AvgIpc) is 2.63. The van der Waals surface area contributed by atoms with E-state index in [2.05, 4.69) is 20.6 Å². The third kappa shape index (κ3) is 4.47. The number of anilines is 2. The van der Waals surface area contributed by atoms with Gasteiger partial charge in [0.05, 0.1) is 10.7 Å². The molecule has 2 N–H and O–H groups in total. The maximum atomic E-state index is 12.3. The van der Waals surface area contributed by atoms with Crippen molar-refractivity contribution in [3.8, 4) is 0 Å².